The van der Waals surface area contributed by atoms with E-state index < -0.39 is 24.0 Å². The smallest absolute Gasteiger partial charge is 0.242 e. The summed E-state index contributed by atoms with van der Waals surface area (Å²) < 4.78 is 0. The van der Waals surface area contributed by atoms with E-state index in [-0.39, 0.29) is 19.0 Å². The van der Waals surface area contributed by atoms with Crippen molar-refractivity contribution in [2.24, 2.45) is 5.73 Å². The number of hydrogen-bond donors (Lipinski definition) is 3. The van der Waals surface area contributed by atoms with Gasteiger partial charge in [0.05, 0.1) is 12.6 Å². The third-order valence-electron chi connectivity index (χ3n) is 2.47. The standard InChI is InChI=1S/C9H15N3O4/c1-5(13)11-4-7(15)12-3-2-6(14)8(12)9(10)16/h6,8,14H,2-4H2,1H3,(H2,10,16)(H,11,13)/t6-,8-/m0/s1. The highest BCUT2D eigenvalue weighted by molar-refractivity contribution is 5.90. The first kappa shape index (κ1) is 12.4. The van der Waals surface area contributed by atoms with E-state index in [0.717, 1.165) is 0 Å². The van der Waals surface area contributed by atoms with Crippen LogP contribution in [-0.4, -0.2) is 53.0 Å². The molecule has 0 radical (unpaired) electrons. The Labute approximate surface area is 92.6 Å². The lowest BCUT2D eigenvalue weighted by Gasteiger charge is -2.23. The number of carbonyl (C=O) groups is 3. The van der Waals surface area contributed by atoms with Gasteiger partial charge in [0.25, 0.3) is 0 Å². The molecule has 1 aliphatic rings. The number of nitrogens with one attached hydrogen (secondary N) is 1. The van der Waals surface area contributed by atoms with Gasteiger partial charge in [-0.25, -0.2) is 0 Å². The van der Waals surface area contributed by atoms with Crippen molar-refractivity contribution in [2.75, 3.05) is 13.1 Å². The van der Waals surface area contributed by atoms with Crippen LogP contribution in [-0.2, 0) is 14.4 Å². The zero-order valence-electron chi connectivity index (χ0n) is 8.97. The maximum atomic E-state index is 11.6. The van der Waals surface area contributed by atoms with Crippen LogP contribution < -0.4 is 11.1 Å². The van der Waals surface area contributed by atoms with Crippen molar-refractivity contribution in [1.29, 1.82) is 0 Å². The molecule has 0 unspecified atom stereocenters. The number of aliphatic hydroxyl groups is 1. The Hall–Kier alpha value is -1.63. The zero-order chi connectivity index (χ0) is 12.3. The number of nitrogens with two attached hydrogens (primary N) is 1. The van der Waals surface area contributed by atoms with Crippen LogP contribution in [0.3, 0.4) is 0 Å². The van der Waals surface area contributed by atoms with Crippen LogP contribution in [0, 0.1) is 0 Å². The summed E-state index contributed by atoms with van der Waals surface area (Å²) in [5.74, 6) is -1.49. The largest absolute Gasteiger partial charge is 0.390 e. The van der Waals surface area contributed by atoms with Crippen molar-refractivity contribution in [3.63, 3.8) is 0 Å². The number of carbonyl (C=O) groups excluding carboxylic acids is 3. The van der Waals surface area contributed by atoms with E-state index in [4.69, 9.17) is 5.73 Å². The van der Waals surface area contributed by atoms with E-state index in [1.54, 1.807) is 0 Å². The summed E-state index contributed by atoms with van der Waals surface area (Å²) in [5.41, 5.74) is 5.09. The van der Waals surface area contributed by atoms with Crippen LogP contribution >= 0.6 is 0 Å². The van der Waals surface area contributed by atoms with Crippen molar-refractivity contribution in [3.8, 4) is 0 Å². The van der Waals surface area contributed by atoms with Crippen LogP contribution in [0.15, 0.2) is 0 Å². The van der Waals surface area contributed by atoms with Gasteiger partial charge in [0.1, 0.15) is 6.04 Å². The minimum Gasteiger partial charge on any atom is -0.390 e. The van der Waals surface area contributed by atoms with Crippen LogP contribution in [0.25, 0.3) is 0 Å². The molecule has 3 amide bonds. The molecule has 1 heterocycles. The van der Waals surface area contributed by atoms with Crippen LogP contribution in [0.5, 0.6) is 0 Å². The quantitative estimate of drug-likeness (QED) is 0.499. The minimum atomic E-state index is -0.985. The highest BCUT2D eigenvalue weighted by Gasteiger charge is 2.39. The molecule has 7 nitrogen and oxygen atoms in total. The highest BCUT2D eigenvalue weighted by atomic mass is 16.3. The summed E-state index contributed by atoms with van der Waals surface area (Å²) in [6.45, 7) is 1.37. The average molecular weight is 229 g/mol. The zero-order valence-corrected chi connectivity index (χ0v) is 8.97. The molecule has 16 heavy (non-hydrogen) atoms. The molecule has 0 aliphatic carbocycles. The Morgan fingerprint density at radius 1 is 1.50 bits per heavy atom. The van der Waals surface area contributed by atoms with Gasteiger partial charge in [-0.05, 0) is 6.42 Å². The molecule has 1 fully saturated rings. The van der Waals surface area contributed by atoms with Gasteiger partial charge in [0.2, 0.25) is 17.7 Å². The van der Waals surface area contributed by atoms with Crippen molar-refractivity contribution < 1.29 is 19.5 Å². The van der Waals surface area contributed by atoms with Crippen LogP contribution in [0.2, 0.25) is 0 Å². The van der Waals surface area contributed by atoms with Gasteiger partial charge in [0.15, 0.2) is 0 Å². The highest BCUT2D eigenvalue weighted by Crippen LogP contribution is 2.17. The molecule has 1 aliphatic heterocycles. The normalized spacial score (nSPS) is 24.2. The number of rotatable bonds is 3. The summed E-state index contributed by atoms with van der Waals surface area (Å²) in [6.07, 6.45) is -0.599. The minimum absolute atomic E-state index is 0.189. The number of likely N-dealkylation sites (tertiary alicyclic amines) is 1. The summed E-state index contributed by atoms with van der Waals surface area (Å²) >= 11 is 0. The molecule has 90 valence electrons. The molecular formula is C9H15N3O4. The van der Waals surface area contributed by atoms with E-state index in [1.165, 1.54) is 11.8 Å². The molecule has 1 rings (SSSR count). The van der Waals surface area contributed by atoms with Crippen molar-refractivity contribution in [3.05, 3.63) is 0 Å². The molecule has 2 atom stereocenters. The molecule has 0 aromatic heterocycles. The maximum absolute atomic E-state index is 11.6. The monoisotopic (exact) mass is 229 g/mol. The molecule has 0 saturated carbocycles. The van der Waals surface area contributed by atoms with E-state index >= 15 is 0 Å². The van der Waals surface area contributed by atoms with Gasteiger partial charge < -0.3 is 21.1 Å². The fourth-order valence-corrected chi connectivity index (χ4v) is 1.70. The molecule has 0 aromatic rings. The van der Waals surface area contributed by atoms with Crippen molar-refractivity contribution >= 4 is 17.7 Å². The summed E-state index contributed by atoms with van der Waals surface area (Å²) in [4.78, 5) is 34.5. The van der Waals surface area contributed by atoms with Crippen LogP contribution in [0.1, 0.15) is 13.3 Å². The van der Waals surface area contributed by atoms with Gasteiger partial charge >= 0.3 is 0 Å². The first-order valence-electron chi connectivity index (χ1n) is 4.94. The summed E-state index contributed by atoms with van der Waals surface area (Å²) in [6, 6.07) is -0.985. The van der Waals surface area contributed by atoms with Gasteiger partial charge in [-0.1, -0.05) is 0 Å². The molecule has 0 spiro atoms. The molecule has 0 aromatic carbocycles. The van der Waals surface area contributed by atoms with Gasteiger partial charge in [-0.3, -0.25) is 14.4 Å². The number of hydrogen-bond acceptors (Lipinski definition) is 4. The van der Waals surface area contributed by atoms with E-state index in [9.17, 15) is 19.5 Å². The third-order valence-corrected chi connectivity index (χ3v) is 2.47. The molecule has 1 saturated heterocycles. The van der Waals surface area contributed by atoms with Gasteiger partial charge in [0, 0.05) is 13.5 Å². The second kappa shape index (κ2) is 4.93. The molecule has 7 heteroatoms. The first-order chi connectivity index (χ1) is 7.43. The van der Waals surface area contributed by atoms with Crippen LogP contribution in [0.4, 0.5) is 0 Å². The number of nitrogens with zero attached hydrogens (tertiary/aromatic N) is 1. The Morgan fingerprint density at radius 2 is 2.12 bits per heavy atom. The predicted octanol–water partition coefficient (Wildman–Crippen LogP) is -2.43. The Bertz CT molecular complexity index is 318. The topological polar surface area (TPSA) is 113 Å². The Morgan fingerprint density at radius 3 is 2.62 bits per heavy atom. The Kier molecular flexibility index (Phi) is 3.83. The van der Waals surface area contributed by atoms with E-state index in [0.29, 0.717) is 6.42 Å². The third kappa shape index (κ3) is 2.69. The predicted molar refractivity (Wildman–Crippen MR) is 54.0 cm³/mol. The van der Waals surface area contributed by atoms with E-state index in [1.807, 2.05) is 0 Å². The second-order valence-corrected chi connectivity index (χ2v) is 3.70. The van der Waals surface area contributed by atoms with Crippen molar-refractivity contribution in [2.45, 2.75) is 25.5 Å². The molecular weight excluding hydrogens is 214 g/mol. The maximum Gasteiger partial charge on any atom is 0.242 e. The van der Waals surface area contributed by atoms with E-state index in [2.05, 4.69) is 5.32 Å². The molecule has 4 N–H and O–H groups in total. The first-order valence-corrected chi connectivity index (χ1v) is 4.94. The average Bonchev–Trinajstić information content (AvgIpc) is 2.56. The molecule has 0 bridgehead atoms. The van der Waals surface area contributed by atoms with Gasteiger partial charge in [-0.15, -0.1) is 0 Å². The number of aliphatic hydroxyl groups excluding tert-OH is 1. The number of primary amides is 1. The van der Waals surface area contributed by atoms with Crippen molar-refractivity contribution in [1.82, 2.24) is 10.2 Å². The second-order valence-electron chi connectivity index (χ2n) is 3.70. The SMILES string of the molecule is CC(=O)NCC(=O)N1CC[C@H](O)[C@H]1C(N)=O. The lowest BCUT2D eigenvalue weighted by atomic mass is 10.1. The van der Waals surface area contributed by atoms with Gasteiger partial charge in [-0.2, -0.15) is 0 Å². The lowest BCUT2D eigenvalue weighted by molar-refractivity contribution is -0.139. The fourth-order valence-electron chi connectivity index (χ4n) is 1.70. The fraction of sp³-hybridized carbons (Fsp3) is 0.667. The summed E-state index contributed by atoms with van der Waals surface area (Å²) in [7, 11) is 0. The Balaban J connectivity index is 2.61. The number of amides is 3. The lowest BCUT2D eigenvalue weighted by Crippen LogP contribution is -2.50. The summed E-state index contributed by atoms with van der Waals surface area (Å²) in [5, 5.41) is 11.8.